The number of thioether (sulfide) groups is 1. The molecule has 0 saturated heterocycles. The summed E-state index contributed by atoms with van der Waals surface area (Å²) in [5.74, 6) is 0.863. The molecule has 1 unspecified atom stereocenters. The topological polar surface area (TPSA) is 103 Å². The van der Waals surface area contributed by atoms with Crippen molar-refractivity contribution in [2.75, 3.05) is 0 Å². The van der Waals surface area contributed by atoms with Gasteiger partial charge in [-0.15, -0.1) is 10.2 Å². The third-order valence-corrected chi connectivity index (χ3v) is 5.62. The van der Waals surface area contributed by atoms with E-state index in [2.05, 4.69) is 29.4 Å². The highest BCUT2D eigenvalue weighted by Crippen LogP contribution is 2.25. The van der Waals surface area contributed by atoms with Gasteiger partial charge in [0.2, 0.25) is 11.8 Å². The summed E-state index contributed by atoms with van der Waals surface area (Å²) in [6.07, 6.45) is 6.52. The second kappa shape index (κ2) is 9.94. The van der Waals surface area contributed by atoms with Crippen molar-refractivity contribution >= 4 is 23.6 Å². The predicted octanol–water partition coefficient (Wildman–Crippen LogP) is 2.28. The number of carbonyl (C=O) groups is 2. The average molecular weight is 382 g/mol. The van der Waals surface area contributed by atoms with Gasteiger partial charge in [-0.2, -0.15) is 0 Å². The minimum Gasteiger partial charge on any atom is -0.370 e. The molecule has 1 fully saturated rings. The lowest BCUT2D eigenvalue weighted by Crippen LogP contribution is -2.40. The van der Waals surface area contributed by atoms with Gasteiger partial charge in [0.15, 0.2) is 5.16 Å². The van der Waals surface area contributed by atoms with Crippen molar-refractivity contribution in [2.45, 2.75) is 88.7 Å². The van der Waals surface area contributed by atoms with E-state index in [9.17, 15) is 9.59 Å². The van der Waals surface area contributed by atoms with Crippen LogP contribution in [0.25, 0.3) is 0 Å². The van der Waals surface area contributed by atoms with Crippen molar-refractivity contribution in [1.29, 1.82) is 0 Å². The fourth-order valence-corrected chi connectivity index (χ4v) is 4.04. The zero-order valence-electron chi connectivity index (χ0n) is 16.0. The second-order valence-electron chi connectivity index (χ2n) is 7.47. The average Bonchev–Trinajstić information content (AvgIpc) is 2.95. The van der Waals surface area contributed by atoms with E-state index in [1.54, 1.807) is 0 Å². The maximum absolute atomic E-state index is 12.5. The van der Waals surface area contributed by atoms with Crippen LogP contribution >= 0.6 is 11.8 Å². The molecule has 1 heterocycles. The maximum atomic E-state index is 12.5. The van der Waals surface area contributed by atoms with E-state index >= 15 is 0 Å². The molecule has 0 radical (unpaired) electrons. The first-order valence-corrected chi connectivity index (χ1v) is 10.4. The van der Waals surface area contributed by atoms with Gasteiger partial charge in [-0.05, 0) is 25.7 Å². The molecule has 146 valence electrons. The first kappa shape index (κ1) is 20.7. The molecule has 0 aromatic carbocycles. The Morgan fingerprint density at radius 1 is 1.23 bits per heavy atom. The van der Waals surface area contributed by atoms with Gasteiger partial charge in [0.05, 0.1) is 5.25 Å². The Morgan fingerprint density at radius 2 is 1.92 bits per heavy atom. The van der Waals surface area contributed by atoms with Crippen molar-refractivity contribution in [3.8, 4) is 0 Å². The SMILES string of the molecule is CC(C)Cn1c(CCC(N)=O)nnc1SC(C)C(=O)NC1CCCCC1. The maximum Gasteiger partial charge on any atom is 0.233 e. The summed E-state index contributed by atoms with van der Waals surface area (Å²) >= 11 is 1.43. The lowest BCUT2D eigenvalue weighted by atomic mass is 9.95. The van der Waals surface area contributed by atoms with Gasteiger partial charge >= 0.3 is 0 Å². The number of aryl methyl sites for hydroxylation is 1. The van der Waals surface area contributed by atoms with Crippen LogP contribution < -0.4 is 11.1 Å². The Morgan fingerprint density at radius 3 is 2.54 bits per heavy atom. The number of nitrogens with zero attached hydrogens (tertiary/aromatic N) is 3. The minimum atomic E-state index is -0.349. The lowest BCUT2D eigenvalue weighted by Gasteiger charge is -2.24. The van der Waals surface area contributed by atoms with Crippen LogP contribution in [0.3, 0.4) is 0 Å². The van der Waals surface area contributed by atoms with E-state index < -0.39 is 0 Å². The zero-order valence-corrected chi connectivity index (χ0v) is 16.8. The molecular formula is C18H31N5O2S. The zero-order chi connectivity index (χ0) is 19.1. The van der Waals surface area contributed by atoms with E-state index in [1.807, 2.05) is 11.5 Å². The normalized spacial score (nSPS) is 16.6. The molecule has 7 nitrogen and oxygen atoms in total. The Hall–Kier alpha value is -1.57. The summed E-state index contributed by atoms with van der Waals surface area (Å²) in [7, 11) is 0. The second-order valence-corrected chi connectivity index (χ2v) is 8.78. The van der Waals surface area contributed by atoms with Gasteiger partial charge in [-0.25, -0.2) is 0 Å². The molecule has 0 spiro atoms. The van der Waals surface area contributed by atoms with Crippen LogP contribution in [0, 0.1) is 5.92 Å². The standard InChI is InChI=1S/C18H31N5O2S/c1-12(2)11-23-16(10-9-15(19)24)21-22-18(23)26-13(3)17(25)20-14-7-5-4-6-8-14/h12-14H,4-11H2,1-3H3,(H2,19,24)(H,20,25). The Bertz CT molecular complexity index is 611. The summed E-state index contributed by atoms with van der Waals surface area (Å²) in [6, 6.07) is 0.305. The molecule has 0 bridgehead atoms. The molecule has 2 amide bonds. The molecule has 1 aliphatic rings. The third-order valence-electron chi connectivity index (χ3n) is 4.54. The molecule has 26 heavy (non-hydrogen) atoms. The summed E-state index contributed by atoms with van der Waals surface area (Å²) < 4.78 is 2.02. The fourth-order valence-electron chi connectivity index (χ4n) is 3.15. The Kier molecular flexibility index (Phi) is 7.93. The summed E-state index contributed by atoms with van der Waals surface area (Å²) in [5, 5.41) is 12.1. The van der Waals surface area contributed by atoms with E-state index in [0.29, 0.717) is 18.4 Å². The number of nitrogens with one attached hydrogen (secondary N) is 1. The fraction of sp³-hybridized carbons (Fsp3) is 0.778. The molecular weight excluding hydrogens is 350 g/mol. The van der Waals surface area contributed by atoms with Crippen LogP contribution in [-0.2, 0) is 22.6 Å². The highest BCUT2D eigenvalue weighted by atomic mass is 32.2. The molecule has 1 aromatic rings. The van der Waals surface area contributed by atoms with E-state index in [4.69, 9.17) is 5.73 Å². The number of carbonyl (C=O) groups excluding carboxylic acids is 2. The van der Waals surface area contributed by atoms with Gasteiger partial charge in [-0.1, -0.05) is 44.9 Å². The van der Waals surface area contributed by atoms with Crippen LogP contribution in [-0.4, -0.2) is 37.9 Å². The summed E-state index contributed by atoms with van der Waals surface area (Å²) in [6.45, 7) is 6.89. The number of nitrogens with two attached hydrogens (primary N) is 1. The van der Waals surface area contributed by atoms with Gasteiger partial charge in [0.25, 0.3) is 0 Å². The van der Waals surface area contributed by atoms with Crippen molar-refractivity contribution < 1.29 is 9.59 Å². The first-order valence-electron chi connectivity index (χ1n) is 9.54. The number of hydrogen-bond donors (Lipinski definition) is 2. The van der Waals surface area contributed by atoms with Crippen LogP contribution in [0.5, 0.6) is 0 Å². The van der Waals surface area contributed by atoms with Crippen molar-refractivity contribution in [3.05, 3.63) is 5.82 Å². The number of amides is 2. The van der Waals surface area contributed by atoms with E-state index in [0.717, 1.165) is 30.4 Å². The summed E-state index contributed by atoms with van der Waals surface area (Å²) in [4.78, 5) is 23.6. The number of aromatic nitrogens is 3. The van der Waals surface area contributed by atoms with Gasteiger partial charge in [0.1, 0.15) is 5.82 Å². The van der Waals surface area contributed by atoms with Crippen LogP contribution in [0.4, 0.5) is 0 Å². The van der Waals surface area contributed by atoms with E-state index in [-0.39, 0.29) is 23.5 Å². The van der Waals surface area contributed by atoms with Crippen LogP contribution in [0.15, 0.2) is 5.16 Å². The van der Waals surface area contributed by atoms with Gasteiger partial charge in [0, 0.05) is 25.4 Å². The van der Waals surface area contributed by atoms with Crippen LogP contribution in [0.1, 0.15) is 65.1 Å². The van der Waals surface area contributed by atoms with Crippen molar-refractivity contribution in [2.24, 2.45) is 11.7 Å². The Labute approximate surface area is 159 Å². The summed E-state index contributed by atoms with van der Waals surface area (Å²) in [5.41, 5.74) is 5.25. The molecule has 1 saturated carbocycles. The third kappa shape index (κ3) is 6.30. The highest BCUT2D eigenvalue weighted by Gasteiger charge is 2.23. The molecule has 3 N–H and O–H groups in total. The first-order chi connectivity index (χ1) is 12.4. The quantitative estimate of drug-likeness (QED) is 0.639. The van der Waals surface area contributed by atoms with Gasteiger partial charge in [-0.3, -0.25) is 9.59 Å². The smallest absolute Gasteiger partial charge is 0.233 e. The molecule has 1 aromatic heterocycles. The van der Waals surface area contributed by atoms with Crippen molar-refractivity contribution in [1.82, 2.24) is 20.1 Å². The molecule has 1 atom stereocenters. The monoisotopic (exact) mass is 381 g/mol. The number of hydrogen-bond acceptors (Lipinski definition) is 5. The van der Waals surface area contributed by atoms with Gasteiger partial charge < -0.3 is 15.6 Å². The van der Waals surface area contributed by atoms with E-state index in [1.165, 1.54) is 31.0 Å². The molecule has 0 aliphatic heterocycles. The van der Waals surface area contributed by atoms with Crippen LogP contribution in [0.2, 0.25) is 0 Å². The highest BCUT2D eigenvalue weighted by molar-refractivity contribution is 8.00. The minimum absolute atomic E-state index is 0.0553. The Balaban J connectivity index is 2.01. The largest absolute Gasteiger partial charge is 0.370 e. The molecule has 1 aliphatic carbocycles. The molecule has 8 heteroatoms. The number of rotatable bonds is 9. The predicted molar refractivity (Wildman–Crippen MR) is 103 cm³/mol. The molecule has 2 rings (SSSR count). The van der Waals surface area contributed by atoms with Crippen molar-refractivity contribution in [3.63, 3.8) is 0 Å². The number of primary amides is 1. The lowest BCUT2D eigenvalue weighted by molar-refractivity contribution is -0.121.